The van der Waals surface area contributed by atoms with Crippen molar-refractivity contribution in [2.75, 3.05) is 18.5 Å². The quantitative estimate of drug-likeness (QED) is 0.859. The summed E-state index contributed by atoms with van der Waals surface area (Å²) in [6.07, 6.45) is 0. The van der Waals surface area contributed by atoms with Crippen molar-refractivity contribution in [3.05, 3.63) is 59.2 Å². The number of nitrogens with one attached hydrogen (secondary N) is 1. The molecule has 0 radical (unpaired) electrons. The van der Waals surface area contributed by atoms with Crippen LogP contribution in [-0.2, 0) is 0 Å². The van der Waals surface area contributed by atoms with Gasteiger partial charge in [-0.15, -0.1) is 0 Å². The third-order valence-corrected chi connectivity index (χ3v) is 4.08. The van der Waals surface area contributed by atoms with Gasteiger partial charge >= 0.3 is 0 Å². The summed E-state index contributed by atoms with van der Waals surface area (Å²) < 4.78 is 32.3. The SMILES string of the molecule is O=C1c2ccccc2C(=O)N1CC1COc2c(F)cc(F)cc2N1. The van der Waals surface area contributed by atoms with Crippen LogP contribution in [0, 0.1) is 11.6 Å². The number of rotatable bonds is 2. The number of carbonyl (C=O) groups excluding carboxylic acids is 2. The van der Waals surface area contributed by atoms with E-state index in [2.05, 4.69) is 5.32 Å². The van der Waals surface area contributed by atoms with Crippen LogP contribution in [0.15, 0.2) is 36.4 Å². The van der Waals surface area contributed by atoms with Gasteiger partial charge in [-0.05, 0) is 12.1 Å². The number of ether oxygens (including phenoxy) is 1. The maximum atomic E-state index is 13.6. The molecule has 0 aliphatic carbocycles. The molecule has 1 N–H and O–H groups in total. The highest BCUT2D eigenvalue weighted by atomic mass is 19.1. The van der Waals surface area contributed by atoms with Gasteiger partial charge in [0.2, 0.25) is 0 Å². The first-order valence-corrected chi connectivity index (χ1v) is 7.38. The largest absolute Gasteiger partial charge is 0.486 e. The van der Waals surface area contributed by atoms with E-state index >= 15 is 0 Å². The third kappa shape index (κ3) is 2.20. The molecule has 0 fully saturated rings. The molecule has 2 heterocycles. The summed E-state index contributed by atoms with van der Waals surface area (Å²) in [7, 11) is 0. The predicted octanol–water partition coefficient (Wildman–Crippen LogP) is 2.43. The van der Waals surface area contributed by atoms with E-state index in [1.165, 1.54) is 0 Å². The molecule has 24 heavy (non-hydrogen) atoms. The molecule has 0 aromatic heterocycles. The number of hydrogen-bond donors (Lipinski definition) is 1. The first-order chi connectivity index (χ1) is 11.5. The van der Waals surface area contributed by atoms with Gasteiger partial charge < -0.3 is 10.1 Å². The second-order valence-electron chi connectivity index (χ2n) is 5.68. The zero-order valence-corrected chi connectivity index (χ0v) is 12.4. The maximum Gasteiger partial charge on any atom is 0.261 e. The minimum atomic E-state index is -0.795. The number of carbonyl (C=O) groups is 2. The number of halogens is 2. The maximum absolute atomic E-state index is 13.6. The molecule has 2 aliphatic rings. The number of fused-ring (bicyclic) bond motifs is 2. The Labute approximate surface area is 135 Å². The van der Waals surface area contributed by atoms with Crippen LogP contribution in [0.1, 0.15) is 20.7 Å². The molecule has 2 aromatic rings. The van der Waals surface area contributed by atoms with E-state index in [0.717, 1.165) is 17.0 Å². The molecular weight excluding hydrogens is 318 g/mol. The molecule has 7 heteroatoms. The number of nitrogens with zero attached hydrogens (tertiary/aromatic N) is 1. The van der Waals surface area contributed by atoms with Crippen LogP contribution >= 0.6 is 0 Å². The van der Waals surface area contributed by atoms with E-state index in [0.29, 0.717) is 11.1 Å². The fourth-order valence-electron chi connectivity index (χ4n) is 2.98. The predicted molar refractivity (Wildman–Crippen MR) is 81.1 cm³/mol. The van der Waals surface area contributed by atoms with Crippen molar-refractivity contribution < 1.29 is 23.1 Å². The molecule has 4 rings (SSSR count). The van der Waals surface area contributed by atoms with Gasteiger partial charge in [0, 0.05) is 12.1 Å². The smallest absolute Gasteiger partial charge is 0.261 e. The van der Waals surface area contributed by atoms with Gasteiger partial charge in [-0.1, -0.05) is 12.1 Å². The highest BCUT2D eigenvalue weighted by Gasteiger charge is 2.37. The van der Waals surface area contributed by atoms with Crippen LogP contribution in [0.3, 0.4) is 0 Å². The fraction of sp³-hybridized carbons (Fsp3) is 0.176. The second kappa shape index (κ2) is 5.30. The van der Waals surface area contributed by atoms with Crippen molar-refractivity contribution in [3.63, 3.8) is 0 Å². The van der Waals surface area contributed by atoms with Crippen molar-refractivity contribution in [2.24, 2.45) is 0 Å². The molecule has 2 aliphatic heterocycles. The summed E-state index contributed by atoms with van der Waals surface area (Å²) in [6, 6.07) is 7.98. The monoisotopic (exact) mass is 330 g/mol. The van der Waals surface area contributed by atoms with Gasteiger partial charge in [0.05, 0.1) is 29.4 Å². The first-order valence-electron chi connectivity index (χ1n) is 7.38. The number of benzene rings is 2. The number of hydrogen-bond acceptors (Lipinski definition) is 4. The van der Waals surface area contributed by atoms with Crippen LogP contribution in [0.2, 0.25) is 0 Å². The first kappa shape index (κ1) is 14.6. The van der Waals surface area contributed by atoms with E-state index in [9.17, 15) is 18.4 Å². The topological polar surface area (TPSA) is 58.6 Å². The Balaban J connectivity index is 1.55. The number of amides is 2. The third-order valence-electron chi connectivity index (χ3n) is 4.08. The summed E-state index contributed by atoms with van der Waals surface area (Å²) in [5.41, 5.74) is 0.883. The number of anilines is 1. The van der Waals surface area contributed by atoms with E-state index in [-0.39, 0.29) is 36.4 Å². The fourth-order valence-corrected chi connectivity index (χ4v) is 2.98. The molecule has 2 aromatic carbocycles. The van der Waals surface area contributed by atoms with Gasteiger partial charge in [-0.3, -0.25) is 14.5 Å². The van der Waals surface area contributed by atoms with E-state index in [1.807, 2.05) is 0 Å². The Morgan fingerprint density at radius 3 is 2.46 bits per heavy atom. The van der Waals surface area contributed by atoms with Gasteiger partial charge in [-0.25, -0.2) is 8.78 Å². The van der Waals surface area contributed by atoms with Crippen LogP contribution < -0.4 is 10.1 Å². The van der Waals surface area contributed by atoms with Crippen LogP contribution in [0.4, 0.5) is 14.5 Å². The zero-order valence-electron chi connectivity index (χ0n) is 12.4. The molecule has 1 unspecified atom stereocenters. The van der Waals surface area contributed by atoms with Crippen molar-refractivity contribution >= 4 is 17.5 Å². The molecule has 0 bridgehead atoms. The second-order valence-corrected chi connectivity index (χ2v) is 5.68. The highest BCUT2D eigenvalue weighted by molar-refractivity contribution is 6.21. The summed E-state index contributed by atoms with van der Waals surface area (Å²) in [5, 5.41) is 2.92. The van der Waals surface area contributed by atoms with Crippen LogP contribution in [-0.4, -0.2) is 35.9 Å². The van der Waals surface area contributed by atoms with Gasteiger partial charge in [0.1, 0.15) is 12.4 Å². The lowest BCUT2D eigenvalue weighted by molar-refractivity contribution is 0.0637. The molecular formula is C17H12F2N2O3. The van der Waals surface area contributed by atoms with Crippen molar-refractivity contribution in [3.8, 4) is 5.75 Å². The summed E-state index contributed by atoms with van der Waals surface area (Å²) in [4.78, 5) is 25.8. The van der Waals surface area contributed by atoms with Crippen molar-refractivity contribution in [1.82, 2.24) is 4.90 Å². The molecule has 2 amide bonds. The highest BCUT2D eigenvalue weighted by Crippen LogP contribution is 2.33. The lowest BCUT2D eigenvalue weighted by Crippen LogP contribution is -2.44. The van der Waals surface area contributed by atoms with Crippen molar-refractivity contribution in [1.29, 1.82) is 0 Å². The number of imide groups is 1. The van der Waals surface area contributed by atoms with Gasteiger partial charge in [-0.2, -0.15) is 0 Å². The average Bonchev–Trinajstić information content (AvgIpc) is 2.80. The van der Waals surface area contributed by atoms with E-state index in [1.54, 1.807) is 24.3 Å². The van der Waals surface area contributed by atoms with Crippen LogP contribution in [0.5, 0.6) is 5.75 Å². The normalized spacial score (nSPS) is 18.8. The minimum absolute atomic E-state index is 0.0456. The lowest BCUT2D eigenvalue weighted by atomic mass is 10.1. The molecule has 1 atom stereocenters. The van der Waals surface area contributed by atoms with E-state index in [4.69, 9.17) is 4.74 Å². The van der Waals surface area contributed by atoms with E-state index < -0.39 is 17.7 Å². The van der Waals surface area contributed by atoms with Gasteiger partial charge in [0.15, 0.2) is 11.6 Å². The lowest BCUT2D eigenvalue weighted by Gasteiger charge is -2.30. The molecule has 0 saturated heterocycles. The molecule has 5 nitrogen and oxygen atoms in total. The van der Waals surface area contributed by atoms with Gasteiger partial charge in [0.25, 0.3) is 11.8 Å². The Bertz CT molecular complexity index is 834. The average molecular weight is 330 g/mol. The molecule has 122 valence electrons. The Morgan fingerprint density at radius 2 is 1.79 bits per heavy atom. The Hall–Kier alpha value is -2.96. The Morgan fingerprint density at radius 1 is 1.12 bits per heavy atom. The molecule has 0 saturated carbocycles. The summed E-state index contributed by atoms with van der Waals surface area (Å²) >= 11 is 0. The Kier molecular flexibility index (Phi) is 3.23. The minimum Gasteiger partial charge on any atom is -0.486 e. The van der Waals surface area contributed by atoms with Crippen LogP contribution in [0.25, 0.3) is 0 Å². The summed E-state index contributed by atoms with van der Waals surface area (Å²) in [5.74, 6) is -2.35. The molecule has 0 spiro atoms. The van der Waals surface area contributed by atoms with Crippen molar-refractivity contribution in [2.45, 2.75) is 6.04 Å². The summed E-state index contributed by atoms with van der Waals surface area (Å²) in [6.45, 7) is 0.104. The standard InChI is InChI=1S/C17H12F2N2O3/c18-9-5-13(19)15-14(6-9)20-10(8-24-15)7-21-16(22)11-3-1-2-4-12(11)17(21)23/h1-6,10,20H,7-8H2. The zero-order chi connectivity index (χ0) is 16.8.